The van der Waals surface area contributed by atoms with Crippen molar-refractivity contribution >= 4 is 11.6 Å². The zero-order chi connectivity index (χ0) is 16.3. The molecule has 1 aliphatic heterocycles. The van der Waals surface area contributed by atoms with Crippen LogP contribution in [0.3, 0.4) is 0 Å². The maximum Gasteiger partial charge on any atom is 0.176 e. The van der Waals surface area contributed by atoms with Crippen LogP contribution in [-0.2, 0) is 0 Å². The Morgan fingerprint density at radius 1 is 1.45 bits per heavy atom. The van der Waals surface area contributed by atoms with Gasteiger partial charge in [0.15, 0.2) is 11.5 Å². The lowest BCUT2D eigenvalue weighted by molar-refractivity contribution is 0.0740. The number of hydrogen-bond acceptors (Lipinski definition) is 5. The molecule has 3 N–H and O–H groups in total. The van der Waals surface area contributed by atoms with Crippen molar-refractivity contribution in [2.24, 2.45) is 5.73 Å². The Hall–Kier alpha value is -1.01. The smallest absolute Gasteiger partial charge is 0.176 e. The molecular weight excluding hydrogens is 302 g/mol. The molecule has 2 atom stereocenters. The Morgan fingerprint density at radius 2 is 2.18 bits per heavy atom. The summed E-state index contributed by atoms with van der Waals surface area (Å²) in [5, 5.41) is 10.3. The average Bonchev–Trinajstić information content (AvgIpc) is 2.49. The van der Waals surface area contributed by atoms with E-state index in [9.17, 15) is 5.11 Å². The molecule has 1 aromatic rings. The van der Waals surface area contributed by atoms with Crippen LogP contribution in [0, 0.1) is 0 Å². The highest BCUT2D eigenvalue weighted by Crippen LogP contribution is 2.38. The van der Waals surface area contributed by atoms with Crippen molar-refractivity contribution in [2.45, 2.75) is 25.9 Å². The highest BCUT2D eigenvalue weighted by molar-refractivity contribution is 6.32. The fourth-order valence-corrected chi connectivity index (χ4v) is 3.13. The van der Waals surface area contributed by atoms with E-state index in [2.05, 4.69) is 23.8 Å². The number of ether oxygens (including phenoxy) is 1. The maximum atomic E-state index is 9.99. The largest absolute Gasteiger partial charge is 0.503 e. The summed E-state index contributed by atoms with van der Waals surface area (Å²) in [7, 11) is 2.14. The van der Waals surface area contributed by atoms with Gasteiger partial charge in [0.05, 0.1) is 11.6 Å². The van der Waals surface area contributed by atoms with Crippen molar-refractivity contribution in [3.63, 3.8) is 0 Å². The van der Waals surface area contributed by atoms with Gasteiger partial charge in [-0.1, -0.05) is 11.6 Å². The third kappa shape index (κ3) is 3.66. The van der Waals surface area contributed by atoms with E-state index >= 15 is 0 Å². The van der Waals surface area contributed by atoms with Crippen molar-refractivity contribution < 1.29 is 9.84 Å². The van der Waals surface area contributed by atoms with Crippen LogP contribution in [0.25, 0.3) is 0 Å². The summed E-state index contributed by atoms with van der Waals surface area (Å²) >= 11 is 6.15. The molecule has 0 amide bonds. The molecule has 0 aromatic heterocycles. The van der Waals surface area contributed by atoms with Gasteiger partial charge >= 0.3 is 0 Å². The van der Waals surface area contributed by atoms with Gasteiger partial charge in [-0.15, -0.1) is 0 Å². The molecule has 124 valence electrons. The van der Waals surface area contributed by atoms with Gasteiger partial charge in [0.2, 0.25) is 0 Å². The normalized spacial score (nSPS) is 21.8. The zero-order valence-electron chi connectivity index (χ0n) is 13.6. The van der Waals surface area contributed by atoms with E-state index in [1.54, 1.807) is 6.07 Å². The molecule has 0 spiro atoms. The summed E-state index contributed by atoms with van der Waals surface area (Å²) in [5.74, 6) is 0.417. The van der Waals surface area contributed by atoms with E-state index in [0.717, 1.165) is 25.2 Å². The molecule has 6 heteroatoms. The van der Waals surface area contributed by atoms with Gasteiger partial charge < -0.3 is 20.5 Å². The molecule has 2 unspecified atom stereocenters. The van der Waals surface area contributed by atoms with E-state index in [0.29, 0.717) is 30.0 Å². The lowest BCUT2D eigenvalue weighted by Crippen LogP contribution is -2.52. The van der Waals surface area contributed by atoms with Crippen molar-refractivity contribution in [1.29, 1.82) is 0 Å². The number of phenolic OH excluding ortho intramolecular Hbond substituents is 1. The summed E-state index contributed by atoms with van der Waals surface area (Å²) < 4.78 is 5.48. The predicted octanol–water partition coefficient (Wildman–Crippen LogP) is 2.08. The third-order valence-corrected chi connectivity index (χ3v) is 4.68. The van der Waals surface area contributed by atoms with Crippen LogP contribution < -0.4 is 10.5 Å². The van der Waals surface area contributed by atoms with Gasteiger partial charge in [-0.3, -0.25) is 4.90 Å². The van der Waals surface area contributed by atoms with Crippen molar-refractivity contribution in [1.82, 2.24) is 9.80 Å². The van der Waals surface area contributed by atoms with E-state index in [1.165, 1.54) is 0 Å². The van der Waals surface area contributed by atoms with Crippen LogP contribution in [-0.4, -0.2) is 60.8 Å². The molecule has 1 fully saturated rings. The first-order valence-electron chi connectivity index (χ1n) is 7.77. The van der Waals surface area contributed by atoms with Crippen LogP contribution in [0.5, 0.6) is 11.5 Å². The molecule has 0 bridgehead atoms. The average molecular weight is 328 g/mol. The highest BCUT2D eigenvalue weighted by Gasteiger charge is 2.27. The number of rotatable bonds is 5. The summed E-state index contributed by atoms with van der Waals surface area (Å²) in [6.45, 7) is 8.01. The number of nitrogens with zero attached hydrogens (tertiary/aromatic N) is 2. The minimum atomic E-state index is -0.00483. The van der Waals surface area contributed by atoms with E-state index in [4.69, 9.17) is 22.1 Å². The molecule has 5 nitrogen and oxygen atoms in total. The number of likely N-dealkylation sites (N-methyl/N-ethyl adjacent to an activating group) is 1. The zero-order valence-corrected chi connectivity index (χ0v) is 14.3. The van der Waals surface area contributed by atoms with Crippen LogP contribution in [0.4, 0.5) is 0 Å². The fraction of sp³-hybridized carbons (Fsp3) is 0.625. The molecule has 1 aromatic carbocycles. The van der Waals surface area contributed by atoms with Crippen molar-refractivity contribution in [2.75, 3.05) is 39.8 Å². The van der Waals surface area contributed by atoms with Gasteiger partial charge in [0.1, 0.15) is 0 Å². The van der Waals surface area contributed by atoms with Crippen molar-refractivity contribution in [3.05, 3.63) is 22.7 Å². The minimum absolute atomic E-state index is 0.00483. The molecular formula is C16H26ClN3O2. The summed E-state index contributed by atoms with van der Waals surface area (Å²) in [5.41, 5.74) is 7.02. The number of hydrogen-bond donors (Lipinski definition) is 2. The van der Waals surface area contributed by atoms with Crippen LogP contribution in [0.2, 0.25) is 5.02 Å². The topological polar surface area (TPSA) is 62.0 Å². The molecule has 1 saturated heterocycles. The van der Waals surface area contributed by atoms with E-state index in [1.807, 2.05) is 13.0 Å². The molecule has 1 heterocycles. The summed E-state index contributed by atoms with van der Waals surface area (Å²) in [6.07, 6.45) is 0. The van der Waals surface area contributed by atoms with Crippen LogP contribution >= 0.6 is 11.6 Å². The maximum absolute atomic E-state index is 9.99. The third-order valence-electron chi connectivity index (χ3n) is 4.39. The Kier molecular flexibility index (Phi) is 5.92. The molecule has 0 saturated carbocycles. The molecule has 22 heavy (non-hydrogen) atoms. The Bertz CT molecular complexity index is 512. The van der Waals surface area contributed by atoms with E-state index in [-0.39, 0.29) is 11.8 Å². The molecule has 0 aliphatic carbocycles. The first kappa shape index (κ1) is 17.3. The second-order valence-corrected chi connectivity index (χ2v) is 6.27. The van der Waals surface area contributed by atoms with Crippen LogP contribution in [0.1, 0.15) is 25.5 Å². The highest BCUT2D eigenvalue weighted by atomic mass is 35.5. The van der Waals surface area contributed by atoms with Crippen molar-refractivity contribution in [3.8, 4) is 11.5 Å². The molecule has 0 radical (unpaired) electrons. The number of halogens is 1. The number of phenols is 1. The van der Waals surface area contributed by atoms with Gasteiger partial charge in [0, 0.05) is 38.3 Å². The quantitative estimate of drug-likeness (QED) is 0.867. The lowest BCUT2D eigenvalue weighted by atomic mass is 10.0. The first-order valence-corrected chi connectivity index (χ1v) is 8.15. The minimum Gasteiger partial charge on any atom is -0.503 e. The summed E-state index contributed by atoms with van der Waals surface area (Å²) in [4.78, 5) is 4.72. The van der Waals surface area contributed by atoms with Gasteiger partial charge in [-0.25, -0.2) is 0 Å². The number of piperazine rings is 1. The standard InChI is InChI=1S/C16H26ClN3O2/c1-4-22-15-8-12(7-13(17)16(15)21)14(9-18)20-6-5-19(3)11(2)10-20/h7-8,11,14,21H,4-6,9-10,18H2,1-3H3. The van der Waals surface area contributed by atoms with E-state index < -0.39 is 0 Å². The summed E-state index contributed by atoms with van der Waals surface area (Å²) in [6, 6.07) is 4.21. The lowest BCUT2D eigenvalue weighted by Gasteiger charge is -2.41. The molecule has 2 rings (SSSR count). The fourth-order valence-electron chi connectivity index (χ4n) is 2.91. The van der Waals surface area contributed by atoms with Gasteiger partial charge in [-0.05, 0) is 38.6 Å². The Morgan fingerprint density at radius 3 is 2.77 bits per heavy atom. The van der Waals surface area contributed by atoms with Gasteiger partial charge in [0.25, 0.3) is 0 Å². The second-order valence-electron chi connectivity index (χ2n) is 5.86. The Labute approximate surface area is 137 Å². The second kappa shape index (κ2) is 7.51. The Balaban J connectivity index is 2.27. The van der Waals surface area contributed by atoms with Crippen LogP contribution in [0.15, 0.2) is 12.1 Å². The predicted molar refractivity (Wildman–Crippen MR) is 89.7 cm³/mol. The number of benzene rings is 1. The van der Waals surface area contributed by atoms with Gasteiger partial charge in [-0.2, -0.15) is 0 Å². The number of aromatic hydroxyl groups is 1. The molecule has 1 aliphatic rings. The SMILES string of the molecule is CCOc1cc(C(CN)N2CCN(C)C(C)C2)cc(Cl)c1O. The number of nitrogens with two attached hydrogens (primary N) is 1. The monoisotopic (exact) mass is 327 g/mol. The first-order chi connectivity index (χ1) is 10.5.